The SMILES string of the molecule is N#CC(C#N)=Cc1c(F)ccc(OC(F)(F)F)c1F. The highest BCUT2D eigenvalue weighted by molar-refractivity contribution is 5.64. The fourth-order valence-corrected chi connectivity index (χ4v) is 1.12. The molecule has 0 N–H and O–H groups in total. The second-order valence-corrected chi connectivity index (χ2v) is 3.10. The van der Waals surface area contributed by atoms with Crippen LogP contribution in [0.1, 0.15) is 5.56 Å². The number of alkyl halides is 3. The molecule has 1 aromatic rings. The second-order valence-electron chi connectivity index (χ2n) is 3.10. The number of nitrogens with zero attached hydrogens (tertiary/aromatic N) is 2. The summed E-state index contributed by atoms with van der Waals surface area (Å²) in [5, 5.41) is 16.9. The summed E-state index contributed by atoms with van der Waals surface area (Å²) in [6.07, 6.45) is -4.65. The third-order valence-corrected chi connectivity index (χ3v) is 1.85. The summed E-state index contributed by atoms with van der Waals surface area (Å²) in [6.45, 7) is 0. The molecule has 0 bridgehead atoms. The minimum absolute atomic E-state index is 0.452. The van der Waals surface area contributed by atoms with E-state index >= 15 is 0 Å². The molecule has 0 atom stereocenters. The molecule has 0 aromatic heterocycles. The van der Waals surface area contributed by atoms with E-state index in [1.165, 1.54) is 12.1 Å². The van der Waals surface area contributed by atoms with Crippen molar-refractivity contribution in [3.63, 3.8) is 0 Å². The van der Waals surface area contributed by atoms with Crippen molar-refractivity contribution in [2.24, 2.45) is 0 Å². The van der Waals surface area contributed by atoms with Crippen LogP contribution < -0.4 is 4.74 Å². The van der Waals surface area contributed by atoms with Crippen molar-refractivity contribution in [3.8, 4) is 17.9 Å². The Morgan fingerprint density at radius 1 is 1.16 bits per heavy atom. The maximum atomic E-state index is 13.6. The minimum atomic E-state index is -5.15. The Labute approximate surface area is 103 Å². The monoisotopic (exact) mass is 274 g/mol. The number of benzene rings is 1. The number of allylic oxidation sites excluding steroid dienone is 1. The lowest BCUT2D eigenvalue weighted by Gasteiger charge is -2.11. The Bertz CT molecular complexity index is 591. The van der Waals surface area contributed by atoms with E-state index in [0.29, 0.717) is 18.2 Å². The molecule has 0 aliphatic carbocycles. The van der Waals surface area contributed by atoms with E-state index in [1.54, 1.807) is 0 Å². The van der Waals surface area contributed by atoms with Crippen LogP contribution in [0.4, 0.5) is 22.0 Å². The molecule has 0 fully saturated rings. The first-order chi connectivity index (χ1) is 8.78. The van der Waals surface area contributed by atoms with Gasteiger partial charge in [0.25, 0.3) is 0 Å². The maximum Gasteiger partial charge on any atom is 0.573 e. The lowest BCUT2D eigenvalue weighted by atomic mass is 10.1. The summed E-state index contributed by atoms with van der Waals surface area (Å²) >= 11 is 0. The molecule has 0 radical (unpaired) electrons. The molecule has 19 heavy (non-hydrogen) atoms. The van der Waals surface area contributed by atoms with Crippen molar-refractivity contribution < 1.29 is 26.7 Å². The first-order valence-corrected chi connectivity index (χ1v) is 4.54. The average Bonchev–Trinajstić information content (AvgIpc) is 2.32. The van der Waals surface area contributed by atoms with Gasteiger partial charge in [-0.05, 0) is 18.2 Å². The molecule has 1 aromatic carbocycles. The summed E-state index contributed by atoms with van der Waals surface area (Å²) < 4.78 is 66.0. The third-order valence-electron chi connectivity index (χ3n) is 1.85. The fraction of sp³-hybridized carbons (Fsp3) is 0.0909. The molecule has 0 aliphatic heterocycles. The van der Waals surface area contributed by atoms with Gasteiger partial charge < -0.3 is 4.74 Å². The van der Waals surface area contributed by atoms with Crippen molar-refractivity contribution in [1.29, 1.82) is 10.5 Å². The number of hydrogen-bond acceptors (Lipinski definition) is 3. The van der Waals surface area contributed by atoms with Gasteiger partial charge in [0.1, 0.15) is 23.5 Å². The summed E-state index contributed by atoms with van der Waals surface area (Å²) in [4.78, 5) is 0. The largest absolute Gasteiger partial charge is 0.573 e. The van der Waals surface area contributed by atoms with Crippen LogP contribution in [0.3, 0.4) is 0 Å². The zero-order valence-corrected chi connectivity index (χ0v) is 8.92. The molecule has 0 aliphatic rings. The summed E-state index contributed by atoms with van der Waals surface area (Å²) in [5.74, 6) is -4.13. The Morgan fingerprint density at radius 3 is 2.21 bits per heavy atom. The molecular weight excluding hydrogens is 271 g/mol. The van der Waals surface area contributed by atoms with E-state index in [2.05, 4.69) is 4.74 Å². The normalized spacial score (nSPS) is 10.3. The van der Waals surface area contributed by atoms with Crippen molar-refractivity contribution in [1.82, 2.24) is 0 Å². The Balaban J connectivity index is 3.35. The van der Waals surface area contributed by atoms with Gasteiger partial charge in [0, 0.05) is 0 Å². The number of rotatable bonds is 2. The van der Waals surface area contributed by atoms with E-state index in [4.69, 9.17) is 10.5 Å². The highest BCUT2D eigenvalue weighted by Crippen LogP contribution is 2.29. The second kappa shape index (κ2) is 5.36. The van der Waals surface area contributed by atoms with Crippen molar-refractivity contribution in [2.45, 2.75) is 6.36 Å². The number of nitriles is 2. The standard InChI is InChI=1S/C11H3F5N2O/c12-8-1-2-9(19-11(14,15)16)10(13)7(8)3-6(4-17)5-18/h1-3H. The molecule has 0 saturated carbocycles. The molecule has 0 spiro atoms. The smallest absolute Gasteiger partial charge is 0.403 e. The highest BCUT2D eigenvalue weighted by atomic mass is 19.4. The van der Waals surface area contributed by atoms with E-state index < -0.39 is 34.9 Å². The number of halogens is 5. The van der Waals surface area contributed by atoms with Crippen molar-refractivity contribution in [3.05, 3.63) is 34.9 Å². The summed E-state index contributed by atoms with van der Waals surface area (Å²) in [6, 6.07) is 3.63. The van der Waals surface area contributed by atoms with Gasteiger partial charge in [-0.1, -0.05) is 0 Å². The molecule has 98 valence electrons. The third kappa shape index (κ3) is 3.68. The van der Waals surface area contributed by atoms with Crippen molar-refractivity contribution >= 4 is 6.08 Å². The van der Waals surface area contributed by atoms with E-state index in [0.717, 1.165) is 0 Å². The zero-order valence-electron chi connectivity index (χ0n) is 8.92. The maximum absolute atomic E-state index is 13.6. The molecule has 8 heteroatoms. The van der Waals surface area contributed by atoms with Crippen LogP contribution in [0.15, 0.2) is 17.7 Å². The van der Waals surface area contributed by atoms with Crippen LogP contribution in [0.5, 0.6) is 5.75 Å². The summed E-state index contributed by atoms with van der Waals surface area (Å²) in [7, 11) is 0. The predicted molar refractivity (Wildman–Crippen MR) is 52.2 cm³/mol. The van der Waals surface area contributed by atoms with Gasteiger partial charge in [-0.3, -0.25) is 0 Å². The van der Waals surface area contributed by atoms with Crippen molar-refractivity contribution in [2.75, 3.05) is 0 Å². The lowest BCUT2D eigenvalue weighted by molar-refractivity contribution is -0.275. The van der Waals surface area contributed by atoms with Crippen LogP contribution in [-0.2, 0) is 0 Å². The van der Waals surface area contributed by atoms with E-state index in [1.807, 2.05) is 0 Å². The lowest BCUT2D eigenvalue weighted by Crippen LogP contribution is -2.18. The van der Waals surface area contributed by atoms with Crippen LogP contribution in [-0.4, -0.2) is 6.36 Å². The van der Waals surface area contributed by atoms with Gasteiger partial charge in [0.15, 0.2) is 11.6 Å². The quantitative estimate of drug-likeness (QED) is 0.614. The van der Waals surface area contributed by atoms with E-state index in [9.17, 15) is 22.0 Å². The van der Waals surface area contributed by atoms with Crippen LogP contribution >= 0.6 is 0 Å². The summed E-state index contributed by atoms with van der Waals surface area (Å²) in [5.41, 5.74) is -1.62. The topological polar surface area (TPSA) is 56.8 Å². The van der Waals surface area contributed by atoms with Gasteiger partial charge in [-0.25, -0.2) is 8.78 Å². The van der Waals surface area contributed by atoms with Gasteiger partial charge in [-0.15, -0.1) is 13.2 Å². The van der Waals surface area contributed by atoms with Crippen LogP contribution in [0.2, 0.25) is 0 Å². The molecule has 0 heterocycles. The first kappa shape index (κ1) is 14.5. The molecule has 3 nitrogen and oxygen atoms in total. The zero-order chi connectivity index (χ0) is 14.6. The molecule has 0 amide bonds. The number of ether oxygens (including phenoxy) is 1. The average molecular weight is 274 g/mol. The Hall–Kier alpha value is -2.61. The van der Waals surface area contributed by atoms with Gasteiger partial charge in [0.2, 0.25) is 0 Å². The number of hydrogen-bond donors (Lipinski definition) is 0. The van der Waals surface area contributed by atoms with Crippen LogP contribution in [0.25, 0.3) is 6.08 Å². The Kier molecular flexibility index (Phi) is 4.07. The molecular formula is C11H3F5N2O. The van der Waals surface area contributed by atoms with Gasteiger partial charge >= 0.3 is 6.36 Å². The first-order valence-electron chi connectivity index (χ1n) is 4.54. The van der Waals surface area contributed by atoms with Crippen LogP contribution in [0, 0.1) is 34.3 Å². The molecule has 0 saturated heterocycles. The molecule has 1 rings (SSSR count). The fourth-order valence-electron chi connectivity index (χ4n) is 1.12. The Morgan fingerprint density at radius 2 is 1.74 bits per heavy atom. The van der Waals surface area contributed by atoms with E-state index in [-0.39, 0.29) is 0 Å². The molecule has 0 unspecified atom stereocenters. The minimum Gasteiger partial charge on any atom is -0.403 e. The van der Waals surface area contributed by atoms with Gasteiger partial charge in [-0.2, -0.15) is 10.5 Å². The highest BCUT2D eigenvalue weighted by Gasteiger charge is 2.33. The predicted octanol–water partition coefficient (Wildman–Crippen LogP) is 3.29. The van der Waals surface area contributed by atoms with Gasteiger partial charge in [0.05, 0.1) is 5.56 Å².